The zero-order valence-corrected chi connectivity index (χ0v) is 8.22. The molecule has 0 radical (unpaired) electrons. The molecule has 64 valence electrons. The van der Waals surface area contributed by atoms with Crippen molar-refractivity contribution in [1.29, 1.82) is 0 Å². The molecule has 11 heavy (non-hydrogen) atoms. The van der Waals surface area contributed by atoms with Gasteiger partial charge in [0.1, 0.15) is 0 Å². The van der Waals surface area contributed by atoms with Crippen LogP contribution in [-0.2, 0) is 0 Å². The average molecular weight is 152 g/mol. The van der Waals surface area contributed by atoms with Crippen molar-refractivity contribution in [2.24, 2.45) is 5.92 Å². The molecule has 0 fully saturated rings. The van der Waals surface area contributed by atoms with Crippen molar-refractivity contribution in [3.63, 3.8) is 0 Å². The Bertz CT molecular complexity index is 138. The molecule has 0 spiro atoms. The smallest absolute Gasteiger partial charge is 0.0257 e. The van der Waals surface area contributed by atoms with Gasteiger partial charge in [0.05, 0.1) is 0 Å². The van der Waals surface area contributed by atoms with E-state index in [1.165, 1.54) is 12.8 Å². The lowest BCUT2D eigenvalue weighted by molar-refractivity contribution is 0.702. The van der Waals surface area contributed by atoms with E-state index in [9.17, 15) is 0 Å². The van der Waals surface area contributed by atoms with E-state index in [4.69, 9.17) is 0 Å². The second-order valence-electron chi connectivity index (χ2n) is 3.17. The molecule has 0 atom stereocenters. The summed E-state index contributed by atoms with van der Waals surface area (Å²) in [4.78, 5) is 0. The molecule has 0 aromatic rings. The lowest BCUT2D eigenvalue weighted by atomic mass is 9.98. The van der Waals surface area contributed by atoms with Gasteiger partial charge in [0.25, 0.3) is 0 Å². The second kappa shape index (κ2) is 6.21. The first-order chi connectivity index (χ1) is 5.22. The van der Waals surface area contributed by atoms with Gasteiger partial charge in [0.2, 0.25) is 0 Å². The summed E-state index contributed by atoms with van der Waals surface area (Å²) in [5, 5.41) is 0. The fourth-order valence-corrected chi connectivity index (χ4v) is 1.07. The van der Waals surface area contributed by atoms with Crippen LogP contribution in [0, 0.1) is 5.92 Å². The van der Waals surface area contributed by atoms with E-state index in [-0.39, 0.29) is 0 Å². The molecule has 0 N–H and O–H groups in total. The van der Waals surface area contributed by atoms with E-state index in [0.29, 0.717) is 5.92 Å². The summed E-state index contributed by atoms with van der Waals surface area (Å²) >= 11 is 0. The van der Waals surface area contributed by atoms with Crippen molar-refractivity contribution in [2.45, 2.75) is 40.5 Å². The summed E-state index contributed by atoms with van der Waals surface area (Å²) in [5.74, 6) is 0.700. The second-order valence-corrected chi connectivity index (χ2v) is 3.17. The minimum absolute atomic E-state index is 0.700. The Labute approximate surface area is 71.0 Å². The van der Waals surface area contributed by atoms with Gasteiger partial charge in [-0.05, 0) is 19.3 Å². The highest BCUT2D eigenvalue weighted by atomic mass is 14.0. The zero-order valence-electron chi connectivity index (χ0n) is 8.22. The molecular formula is C11H20. The molecule has 0 aromatic carbocycles. The summed E-state index contributed by atoms with van der Waals surface area (Å²) in [6.45, 7) is 8.79. The predicted molar refractivity (Wildman–Crippen MR) is 52.6 cm³/mol. The molecule has 0 aliphatic rings. The number of hydrogen-bond acceptors (Lipinski definition) is 0. The minimum Gasteiger partial charge on any atom is -0.0877 e. The summed E-state index contributed by atoms with van der Waals surface area (Å²) in [6, 6.07) is 0. The maximum Gasteiger partial charge on any atom is -0.0257 e. The average Bonchev–Trinajstić information content (AvgIpc) is 1.97. The van der Waals surface area contributed by atoms with Crippen molar-refractivity contribution >= 4 is 0 Å². The molecule has 0 bridgehead atoms. The Morgan fingerprint density at radius 2 is 2.00 bits per heavy atom. The van der Waals surface area contributed by atoms with Crippen molar-refractivity contribution in [2.75, 3.05) is 0 Å². The molecule has 0 heteroatoms. The van der Waals surface area contributed by atoms with Crippen LogP contribution in [0.15, 0.2) is 23.8 Å². The first-order valence-electron chi connectivity index (χ1n) is 4.54. The fraction of sp³-hybridized carbons (Fsp3) is 0.636. The monoisotopic (exact) mass is 152 g/mol. The van der Waals surface area contributed by atoms with E-state index in [1.54, 1.807) is 5.57 Å². The van der Waals surface area contributed by atoms with Crippen molar-refractivity contribution in [3.8, 4) is 0 Å². The molecule has 0 aliphatic heterocycles. The van der Waals surface area contributed by atoms with E-state index < -0.39 is 0 Å². The third-order valence-electron chi connectivity index (χ3n) is 1.78. The van der Waals surface area contributed by atoms with Crippen molar-refractivity contribution in [1.82, 2.24) is 0 Å². The highest BCUT2D eigenvalue weighted by Gasteiger charge is 1.99. The maximum absolute atomic E-state index is 2.25. The van der Waals surface area contributed by atoms with E-state index in [0.717, 1.165) is 0 Å². The highest BCUT2D eigenvalue weighted by Crippen LogP contribution is 2.15. The maximum atomic E-state index is 2.25. The van der Waals surface area contributed by atoms with Gasteiger partial charge in [-0.15, -0.1) is 0 Å². The lowest BCUT2D eigenvalue weighted by Crippen LogP contribution is -1.92. The van der Waals surface area contributed by atoms with Gasteiger partial charge in [-0.1, -0.05) is 51.0 Å². The molecule has 0 aromatic heterocycles. The minimum atomic E-state index is 0.700. The van der Waals surface area contributed by atoms with Crippen LogP contribution in [0.1, 0.15) is 40.5 Å². The summed E-state index contributed by atoms with van der Waals surface area (Å²) in [6.07, 6.45) is 8.95. The fourth-order valence-electron chi connectivity index (χ4n) is 1.07. The molecule has 0 saturated carbocycles. The Morgan fingerprint density at radius 3 is 2.36 bits per heavy atom. The largest absolute Gasteiger partial charge is 0.0877 e. The Balaban J connectivity index is 4.08. The van der Waals surface area contributed by atoms with Crippen LogP contribution in [0.25, 0.3) is 0 Å². The first-order valence-corrected chi connectivity index (χ1v) is 4.54. The summed E-state index contributed by atoms with van der Waals surface area (Å²) in [7, 11) is 0. The topological polar surface area (TPSA) is 0 Å². The van der Waals surface area contributed by atoms with Gasteiger partial charge in [0.15, 0.2) is 0 Å². The van der Waals surface area contributed by atoms with Gasteiger partial charge in [0, 0.05) is 0 Å². The first kappa shape index (κ1) is 10.5. The Kier molecular flexibility index (Phi) is 5.91. The van der Waals surface area contributed by atoms with E-state index in [2.05, 4.69) is 45.9 Å². The predicted octanol–water partition coefficient (Wildman–Crippen LogP) is 3.95. The molecule has 0 nitrogen and oxygen atoms in total. The van der Waals surface area contributed by atoms with Crippen LogP contribution in [0.5, 0.6) is 0 Å². The SMILES string of the molecule is C/C=C\C=C(/CCC)C(C)C. The van der Waals surface area contributed by atoms with Crippen LogP contribution < -0.4 is 0 Å². The quantitative estimate of drug-likeness (QED) is 0.535. The Hall–Kier alpha value is -0.520. The van der Waals surface area contributed by atoms with Gasteiger partial charge < -0.3 is 0 Å². The number of hydrogen-bond donors (Lipinski definition) is 0. The molecular weight excluding hydrogens is 132 g/mol. The lowest BCUT2D eigenvalue weighted by Gasteiger charge is -2.08. The van der Waals surface area contributed by atoms with Gasteiger partial charge in [-0.3, -0.25) is 0 Å². The molecule has 0 unspecified atom stereocenters. The zero-order chi connectivity index (χ0) is 8.69. The van der Waals surface area contributed by atoms with Crippen molar-refractivity contribution in [3.05, 3.63) is 23.8 Å². The molecule has 0 aliphatic carbocycles. The highest BCUT2D eigenvalue weighted by molar-refractivity contribution is 5.13. The van der Waals surface area contributed by atoms with Gasteiger partial charge >= 0.3 is 0 Å². The van der Waals surface area contributed by atoms with Crippen LogP contribution in [0.2, 0.25) is 0 Å². The van der Waals surface area contributed by atoms with Crippen molar-refractivity contribution < 1.29 is 0 Å². The van der Waals surface area contributed by atoms with Gasteiger partial charge in [-0.25, -0.2) is 0 Å². The molecule has 0 amide bonds. The third-order valence-corrected chi connectivity index (χ3v) is 1.78. The normalized spacial score (nSPS) is 13.4. The van der Waals surface area contributed by atoms with Crippen LogP contribution in [-0.4, -0.2) is 0 Å². The van der Waals surface area contributed by atoms with Gasteiger partial charge in [-0.2, -0.15) is 0 Å². The van der Waals surface area contributed by atoms with E-state index >= 15 is 0 Å². The Morgan fingerprint density at radius 1 is 1.36 bits per heavy atom. The van der Waals surface area contributed by atoms with E-state index in [1.807, 2.05) is 0 Å². The number of rotatable bonds is 4. The summed E-state index contributed by atoms with van der Waals surface area (Å²) < 4.78 is 0. The standard InChI is InChI=1S/C11H20/c1-5-7-9-11(8-6-2)10(3)4/h5,7,9-10H,6,8H2,1-4H3/b7-5-,11-9+. The van der Waals surface area contributed by atoms with Crippen LogP contribution in [0.3, 0.4) is 0 Å². The number of allylic oxidation sites excluding steroid dienone is 4. The molecule has 0 rings (SSSR count). The molecule has 0 heterocycles. The molecule has 0 saturated heterocycles. The third kappa shape index (κ3) is 4.83. The van der Waals surface area contributed by atoms with Crippen LogP contribution in [0.4, 0.5) is 0 Å². The van der Waals surface area contributed by atoms with Crippen LogP contribution >= 0.6 is 0 Å². The summed E-state index contributed by atoms with van der Waals surface area (Å²) in [5.41, 5.74) is 1.56.